The van der Waals surface area contributed by atoms with Gasteiger partial charge in [-0.2, -0.15) is 0 Å². The number of carbonyl (C=O) groups is 2. The Labute approximate surface area is 132 Å². The number of hydrogen-bond acceptors (Lipinski definition) is 3. The SMILES string of the molecule is C[C@]12C=CC(=O)C(O)C1CC[C@@H]1[C@H]2CC[C@]2(C)C(=O)CC[C@@H]12. The molecule has 0 aromatic carbocycles. The summed E-state index contributed by atoms with van der Waals surface area (Å²) in [4.78, 5) is 24.2. The Bertz CT molecular complexity index is 565. The van der Waals surface area contributed by atoms with E-state index >= 15 is 0 Å². The van der Waals surface area contributed by atoms with Crippen LogP contribution in [-0.2, 0) is 9.59 Å². The van der Waals surface area contributed by atoms with Crippen LogP contribution in [0.1, 0.15) is 52.4 Å². The lowest BCUT2D eigenvalue weighted by atomic mass is 9.46. The summed E-state index contributed by atoms with van der Waals surface area (Å²) >= 11 is 0. The van der Waals surface area contributed by atoms with Gasteiger partial charge >= 0.3 is 0 Å². The monoisotopic (exact) mass is 302 g/mol. The van der Waals surface area contributed by atoms with E-state index in [2.05, 4.69) is 19.9 Å². The highest BCUT2D eigenvalue weighted by molar-refractivity contribution is 5.94. The summed E-state index contributed by atoms with van der Waals surface area (Å²) in [6, 6.07) is 0. The zero-order valence-corrected chi connectivity index (χ0v) is 13.5. The summed E-state index contributed by atoms with van der Waals surface area (Å²) in [6.45, 7) is 4.42. The van der Waals surface area contributed by atoms with E-state index in [1.54, 1.807) is 6.08 Å². The van der Waals surface area contributed by atoms with Crippen LogP contribution in [0.3, 0.4) is 0 Å². The molecule has 4 rings (SSSR count). The molecule has 0 saturated heterocycles. The Balaban J connectivity index is 1.71. The molecule has 0 radical (unpaired) electrons. The zero-order valence-electron chi connectivity index (χ0n) is 13.5. The van der Waals surface area contributed by atoms with Crippen LogP contribution < -0.4 is 0 Å². The second kappa shape index (κ2) is 4.53. The molecule has 0 aromatic heterocycles. The van der Waals surface area contributed by atoms with Gasteiger partial charge in [0.25, 0.3) is 0 Å². The lowest BCUT2D eigenvalue weighted by molar-refractivity contribution is -0.144. The summed E-state index contributed by atoms with van der Waals surface area (Å²) in [5, 5.41) is 10.4. The van der Waals surface area contributed by atoms with Crippen LogP contribution in [0.25, 0.3) is 0 Å². The number of ketones is 2. The van der Waals surface area contributed by atoms with Crippen molar-refractivity contribution in [2.45, 2.75) is 58.5 Å². The van der Waals surface area contributed by atoms with Crippen molar-refractivity contribution < 1.29 is 14.7 Å². The summed E-state index contributed by atoms with van der Waals surface area (Å²) in [6.07, 6.45) is 8.69. The Morgan fingerprint density at radius 3 is 2.59 bits per heavy atom. The van der Waals surface area contributed by atoms with Crippen molar-refractivity contribution in [3.63, 3.8) is 0 Å². The van der Waals surface area contributed by atoms with Crippen LogP contribution in [0.4, 0.5) is 0 Å². The first-order chi connectivity index (χ1) is 10.4. The van der Waals surface area contributed by atoms with E-state index in [0.29, 0.717) is 23.5 Å². The molecule has 0 aromatic rings. The summed E-state index contributed by atoms with van der Waals surface area (Å²) in [5.41, 5.74) is -0.180. The Morgan fingerprint density at radius 1 is 1.05 bits per heavy atom. The van der Waals surface area contributed by atoms with Crippen molar-refractivity contribution in [2.24, 2.45) is 34.5 Å². The summed E-state index contributed by atoms with van der Waals surface area (Å²) < 4.78 is 0. The molecule has 7 atom stereocenters. The quantitative estimate of drug-likeness (QED) is 0.748. The first-order valence-electron chi connectivity index (χ1n) is 8.82. The highest BCUT2D eigenvalue weighted by Gasteiger charge is 2.60. The fraction of sp³-hybridized carbons (Fsp3) is 0.789. The first kappa shape index (κ1) is 14.6. The molecule has 0 heterocycles. The number of aliphatic hydroxyl groups excluding tert-OH is 1. The minimum atomic E-state index is -0.825. The smallest absolute Gasteiger partial charge is 0.184 e. The maximum atomic E-state index is 12.4. The fourth-order valence-corrected chi connectivity index (χ4v) is 6.50. The van der Waals surface area contributed by atoms with E-state index < -0.39 is 6.10 Å². The van der Waals surface area contributed by atoms with Crippen molar-refractivity contribution in [1.29, 1.82) is 0 Å². The van der Waals surface area contributed by atoms with Crippen molar-refractivity contribution in [3.8, 4) is 0 Å². The minimum absolute atomic E-state index is 0.0627. The lowest BCUT2D eigenvalue weighted by Gasteiger charge is -2.58. The van der Waals surface area contributed by atoms with E-state index in [1.165, 1.54) is 0 Å². The van der Waals surface area contributed by atoms with Crippen LogP contribution in [-0.4, -0.2) is 22.8 Å². The zero-order chi connectivity index (χ0) is 15.7. The van der Waals surface area contributed by atoms with E-state index in [-0.39, 0.29) is 22.5 Å². The molecular formula is C19H26O3. The number of hydrogen-bond donors (Lipinski definition) is 1. The van der Waals surface area contributed by atoms with Crippen LogP contribution in [0.5, 0.6) is 0 Å². The number of aliphatic hydroxyl groups is 1. The van der Waals surface area contributed by atoms with E-state index in [0.717, 1.165) is 38.5 Å². The third kappa shape index (κ3) is 1.66. The topological polar surface area (TPSA) is 54.4 Å². The van der Waals surface area contributed by atoms with E-state index in [4.69, 9.17) is 0 Å². The molecule has 22 heavy (non-hydrogen) atoms. The normalized spacial score (nSPS) is 53.9. The van der Waals surface area contributed by atoms with Crippen molar-refractivity contribution >= 4 is 11.6 Å². The van der Waals surface area contributed by atoms with Crippen molar-refractivity contribution in [3.05, 3.63) is 12.2 Å². The third-order valence-corrected chi connectivity index (χ3v) is 7.83. The number of carbonyl (C=O) groups excluding carboxylic acids is 2. The van der Waals surface area contributed by atoms with Gasteiger partial charge in [0, 0.05) is 17.8 Å². The number of Topliss-reactive ketones (excluding diaryl/α,β-unsaturated/α-hetero) is 1. The molecular weight excluding hydrogens is 276 g/mol. The van der Waals surface area contributed by atoms with Gasteiger partial charge in [0.15, 0.2) is 5.78 Å². The molecule has 1 N–H and O–H groups in total. The third-order valence-electron chi connectivity index (χ3n) is 7.83. The van der Waals surface area contributed by atoms with Gasteiger partial charge in [-0.25, -0.2) is 0 Å². The molecule has 3 fully saturated rings. The molecule has 0 spiro atoms. The van der Waals surface area contributed by atoms with Crippen LogP contribution in [0.15, 0.2) is 12.2 Å². The van der Waals surface area contributed by atoms with E-state index in [9.17, 15) is 14.7 Å². The highest BCUT2D eigenvalue weighted by Crippen LogP contribution is 2.64. The molecule has 0 aliphatic heterocycles. The maximum Gasteiger partial charge on any atom is 0.184 e. The highest BCUT2D eigenvalue weighted by atomic mass is 16.3. The molecule has 4 aliphatic rings. The van der Waals surface area contributed by atoms with Gasteiger partial charge in [-0.15, -0.1) is 0 Å². The largest absolute Gasteiger partial charge is 0.385 e. The molecule has 3 heteroatoms. The predicted molar refractivity (Wildman–Crippen MR) is 83.0 cm³/mol. The molecule has 120 valence electrons. The molecule has 0 amide bonds. The van der Waals surface area contributed by atoms with Crippen LogP contribution in [0, 0.1) is 34.5 Å². The standard InChI is InChI=1S/C19H26O3/c1-18-10-8-15(20)17(22)14(18)4-3-11-12-5-6-16(21)19(12,2)9-7-13(11)18/h8,10-14,17,22H,3-7,9H2,1-2H3/t11-,12-,13+,14?,17?,18+,19-/m0/s1. The molecule has 4 aliphatic carbocycles. The Morgan fingerprint density at radius 2 is 1.82 bits per heavy atom. The number of fused-ring (bicyclic) bond motifs is 5. The molecule has 3 saturated carbocycles. The second-order valence-corrected chi connectivity index (χ2v) is 8.53. The van der Waals surface area contributed by atoms with Gasteiger partial charge in [-0.05, 0) is 61.3 Å². The fourth-order valence-electron chi connectivity index (χ4n) is 6.50. The predicted octanol–water partition coefficient (Wildman–Crippen LogP) is 2.91. The first-order valence-corrected chi connectivity index (χ1v) is 8.82. The van der Waals surface area contributed by atoms with Gasteiger partial charge in [0.05, 0.1) is 0 Å². The summed E-state index contributed by atoms with van der Waals surface area (Å²) in [5.74, 6) is 2.01. The molecule has 0 bridgehead atoms. The summed E-state index contributed by atoms with van der Waals surface area (Å²) in [7, 11) is 0. The van der Waals surface area contributed by atoms with Gasteiger partial charge in [-0.1, -0.05) is 19.9 Å². The van der Waals surface area contributed by atoms with Crippen LogP contribution in [0.2, 0.25) is 0 Å². The lowest BCUT2D eigenvalue weighted by Crippen LogP contribution is -2.55. The molecule has 3 nitrogen and oxygen atoms in total. The van der Waals surface area contributed by atoms with Crippen molar-refractivity contribution in [1.82, 2.24) is 0 Å². The maximum absolute atomic E-state index is 12.4. The Hall–Kier alpha value is -0.960. The van der Waals surface area contributed by atoms with Gasteiger partial charge in [0.2, 0.25) is 0 Å². The average Bonchev–Trinajstić information content (AvgIpc) is 2.79. The minimum Gasteiger partial charge on any atom is -0.385 e. The van der Waals surface area contributed by atoms with E-state index in [1.807, 2.05) is 0 Å². The van der Waals surface area contributed by atoms with Gasteiger partial charge in [-0.3, -0.25) is 9.59 Å². The van der Waals surface area contributed by atoms with Gasteiger partial charge < -0.3 is 5.11 Å². The average molecular weight is 302 g/mol. The Kier molecular flexibility index (Phi) is 3.01. The number of rotatable bonds is 0. The van der Waals surface area contributed by atoms with Crippen LogP contribution >= 0.6 is 0 Å². The number of allylic oxidation sites excluding steroid dienone is 1. The van der Waals surface area contributed by atoms with Gasteiger partial charge in [0.1, 0.15) is 11.9 Å². The van der Waals surface area contributed by atoms with Crippen molar-refractivity contribution in [2.75, 3.05) is 0 Å². The second-order valence-electron chi connectivity index (χ2n) is 8.53. The molecule has 2 unspecified atom stereocenters.